The van der Waals surface area contributed by atoms with Crippen LogP contribution in [0.1, 0.15) is 22.0 Å². The van der Waals surface area contributed by atoms with E-state index in [9.17, 15) is 4.79 Å². The lowest BCUT2D eigenvalue weighted by molar-refractivity contribution is 0.0943. The van der Waals surface area contributed by atoms with Gasteiger partial charge in [0, 0.05) is 18.0 Å². The number of carbonyl (C=O) groups is 1. The molecule has 1 unspecified atom stereocenters. The molecule has 0 saturated heterocycles. The molecule has 1 amide bonds. The number of pyridine rings is 1. The van der Waals surface area contributed by atoms with Crippen molar-refractivity contribution < 1.29 is 19.0 Å². The zero-order chi connectivity index (χ0) is 20.4. The average Bonchev–Trinajstić information content (AvgIpc) is 3.20. The molecule has 0 bridgehead atoms. The lowest BCUT2D eigenvalue weighted by Crippen LogP contribution is -2.34. The van der Waals surface area contributed by atoms with E-state index in [1.165, 1.54) is 0 Å². The molecule has 0 spiro atoms. The number of amides is 1. The number of methoxy groups -OCH3 is 1. The highest BCUT2D eigenvalue weighted by Crippen LogP contribution is 2.35. The number of hydrogen-bond acceptors (Lipinski definition) is 6. The Hall–Kier alpha value is -3.32. The highest BCUT2D eigenvalue weighted by Gasteiger charge is 2.21. The van der Waals surface area contributed by atoms with Gasteiger partial charge in [0.2, 0.25) is 12.7 Å². The van der Waals surface area contributed by atoms with Crippen molar-refractivity contribution in [2.75, 3.05) is 34.5 Å². The van der Waals surface area contributed by atoms with Gasteiger partial charge in [0.05, 0.1) is 24.2 Å². The smallest absolute Gasteiger partial charge is 0.252 e. The van der Waals surface area contributed by atoms with Crippen LogP contribution < -0.4 is 19.5 Å². The van der Waals surface area contributed by atoms with E-state index in [2.05, 4.69) is 15.2 Å². The molecule has 7 heteroatoms. The second-order valence-electron chi connectivity index (χ2n) is 7.03. The number of nitrogens with zero attached hydrogens (tertiary/aromatic N) is 2. The molecular formula is C22H23N3O4. The maximum absolute atomic E-state index is 13.0. The van der Waals surface area contributed by atoms with Gasteiger partial charge in [0.1, 0.15) is 0 Å². The summed E-state index contributed by atoms with van der Waals surface area (Å²) >= 11 is 0. The van der Waals surface area contributed by atoms with Crippen molar-refractivity contribution in [1.29, 1.82) is 0 Å². The quantitative estimate of drug-likeness (QED) is 0.694. The normalized spacial score (nSPS) is 13.5. The number of fused-ring (bicyclic) bond motifs is 2. The molecule has 1 aromatic heterocycles. The van der Waals surface area contributed by atoms with Gasteiger partial charge in [-0.3, -0.25) is 4.79 Å². The Labute approximate surface area is 169 Å². The Morgan fingerprint density at radius 2 is 1.97 bits per heavy atom. The van der Waals surface area contributed by atoms with E-state index in [0.717, 1.165) is 28.0 Å². The molecule has 0 aliphatic carbocycles. The van der Waals surface area contributed by atoms with Crippen LogP contribution in [0.2, 0.25) is 0 Å². The third-order valence-corrected chi connectivity index (χ3v) is 5.01. The number of aromatic nitrogens is 1. The van der Waals surface area contributed by atoms with Gasteiger partial charge in [-0.15, -0.1) is 0 Å². The average molecular weight is 393 g/mol. The van der Waals surface area contributed by atoms with E-state index < -0.39 is 0 Å². The van der Waals surface area contributed by atoms with Crippen LogP contribution in [0.4, 0.5) is 0 Å². The Balaban J connectivity index is 1.57. The molecule has 7 nitrogen and oxygen atoms in total. The van der Waals surface area contributed by atoms with E-state index in [4.69, 9.17) is 14.2 Å². The highest BCUT2D eigenvalue weighted by molar-refractivity contribution is 6.06. The predicted octanol–water partition coefficient (Wildman–Crippen LogP) is 3.00. The molecule has 1 atom stereocenters. The largest absolute Gasteiger partial charge is 0.481 e. The van der Waals surface area contributed by atoms with Crippen molar-refractivity contribution in [3.05, 3.63) is 59.7 Å². The van der Waals surface area contributed by atoms with Crippen LogP contribution in [-0.2, 0) is 0 Å². The summed E-state index contributed by atoms with van der Waals surface area (Å²) in [7, 11) is 5.50. The van der Waals surface area contributed by atoms with Gasteiger partial charge < -0.3 is 24.4 Å². The van der Waals surface area contributed by atoms with Crippen LogP contribution in [0.5, 0.6) is 17.4 Å². The first-order valence-electron chi connectivity index (χ1n) is 9.35. The molecule has 2 heterocycles. The number of benzene rings is 2. The maximum Gasteiger partial charge on any atom is 0.252 e. The number of ether oxygens (including phenoxy) is 3. The Morgan fingerprint density at radius 3 is 2.76 bits per heavy atom. The fraction of sp³-hybridized carbons (Fsp3) is 0.273. The second-order valence-corrected chi connectivity index (χ2v) is 7.03. The van der Waals surface area contributed by atoms with Crippen molar-refractivity contribution in [3.8, 4) is 17.4 Å². The molecule has 1 N–H and O–H groups in total. The van der Waals surface area contributed by atoms with Crippen LogP contribution in [0, 0.1) is 0 Å². The highest BCUT2D eigenvalue weighted by atomic mass is 16.7. The summed E-state index contributed by atoms with van der Waals surface area (Å²) in [5.41, 5.74) is 2.30. The first-order chi connectivity index (χ1) is 14.1. The SMILES string of the molecule is COc1cc(C(=O)NCC(c2ccc3c(c2)OCO3)N(C)C)c2ccccc2n1. The number of nitrogens with one attached hydrogen (secondary N) is 1. The maximum atomic E-state index is 13.0. The molecule has 150 valence electrons. The van der Waals surface area contributed by atoms with Gasteiger partial charge in [-0.25, -0.2) is 4.98 Å². The number of hydrogen-bond donors (Lipinski definition) is 1. The molecule has 29 heavy (non-hydrogen) atoms. The lowest BCUT2D eigenvalue weighted by Gasteiger charge is -2.25. The minimum atomic E-state index is -0.172. The van der Waals surface area contributed by atoms with E-state index in [1.54, 1.807) is 13.2 Å². The summed E-state index contributed by atoms with van der Waals surface area (Å²) in [6.45, 7) is 0.670. The Kier molecular flexibility index (Phi) is 5.22. The molecule has 3 aromatic rings. The predicted molar refractivity (Wildman–Crippen MR) is 110 cm³/mol. The number of carbonyl (C=O) groups excluding carboxylic acids is 1. The first kappa shape index (κ1) is 19.0. The van der Waals surface area contributed by atoms with Crippen molar-refractivity contribution in [3.63, 3.8) is 0 Å². The van der Waals surface area contributed by atoms with Crippen LogP contribution in [0.3, 0.4) is 0 Å². The summed E-state index contributed by atoms with van der Waals surface area (Å²) < 4.78 is 16.1. The van der Waals surface area contributed by atoms with Gasteiger partial charge in [-0.1, -0.05) is 24.3 Å². The topological polar surface area (TPSA) is 72.9 Å². The van der Waals surface area contributed by atoms with Crippen molar-refractivity contribution in [1.82, 2.24) is 15.2 Å². The number of likely N-dealkylation sites (N-methyl/N-ethyl adjacent to an activating group) is 1. The van der Waals surface area contributed by atoms with Crippen molar-refractivity contribution in [2.24, 2.45) is 0 Å². The molecule has 4 rings (SSSR count). The summed E-state index contributed by atoms with van der Waals surface area (Å²) in [6.07, 6.45) is 0. The van der Waals surface area contributed by atoms with Gasteiger partial charge in [0.25, 0.3) is 5.91 Å². The first-order valence-corrected chi connectivity index (χ1v) is 9.35. The monoisotopic (exact) mass is 393 g/mol. The summed E-state index contributed by atoms with van der Waals surface area (Å²) in [6, 6.07) is 15.0. The van der Waals surface area contributed by atoms with E-state index >= 15 is 0 Å². The van der Waals surface area contributed by atoms with Crippen molar-refractivity contribution in [2.45, 2.75) is 6.04 Å². The fourth-order valence-corrected chi connectivity index (χ4v) is 3.45. The van der Waals surface area contributed by atoms with Gasteiger partial charge in [-0.2, -0.15) is 0 Å². The molecule has 0 fully saturated rings. The standard InChI is InChI=1S/C22H23N3O4/c1-25(2)18(14-8-9-19-20(10-14)29-13-28-19)12-23-22(26)16-11-21(27-3)24-17-7-5-4-6-15(16)17/h4-11,18H,12-13H2,1-3H3,(H,23,26). The van der Waals surface area contributed by atoms with Gasteiger partial charge >= 0.3 is 0 Å². The summed E-state index contributed by atoms with van der Waals surface area (Å²) in [4.78, 5) is 19.5. The van der Waals surface area contributed by atoms with Gasteiger partial charge in [0.15, 0.2) is 11.5 Å². The van der Waals surface area contributed by atoms with Gasteiger partial charge in [-0.05, 0) is 37.9 Å². The molecule has 0 radical (unpaired) electrons. The zero-order valence-electron chi connectivity index (χ0n) is 16.6. The minimum absolute atomic E-state index is 0.0246. The van der Waals surface area contributed by atoms with E-state index in [1.807, 2.05) is 56.6 Å². The Morgan fingerprint density at radius 1 is 1.17 bits per heavy atom. The number of rotatable bonds is 6. The zero-order valence-corrected chi connectivity index (χ0v) is 16.6. The van der Waals surface area contributed by atoms with Crippen LogP contribution in [0.25, 0.3) is 10.9 Å². The third kappa shape index (κ3) is 3.82. The number of para-hydroxylation sites is 1. The molecule has 2 aromatic carbocycles. The minimum Gasteiger partial charge on any atom is -0.481 e. The molecule has 0 saturated carbocycles. The molecular weight excluding hydrogens is 370 g/mol. The summed E-state index contributed by atoms with van der Waals surface area (Å²) in [5, 5.41) is 3.84. The third-order valence-electron chi connectivity index (χ3n) is 5.01. The van der Waals surface area contributed by atoms with Crippen LogP contribution in [-0.4, -0.2) is 50.3 Å². The van der Waals surface area contributed by atoms with E-state index in [0.29, 0.717) is 18.0 Å². The lowest BCUT2D eigenvalue weighted by atomic mass is 10.0. The van der Waals surface area contributed by atoms with Crippen LogP contribution >= 0.6 is 0 Å². The summed E-state index contributed by atoms with van der Waals surface area (Å²) in [5.74, 6) is 1.71. The second kappa shape index (κ2) is 7.97. The molecule has 1 aliphatic heterocycles. The molecule has 1 aliphatic rings. The fourth-order valence-electron chi connectivity index (χ4n) is 3.45. The van der Waals surface area contributed by atoms with Crippen molar-refractivity contribution >= 4 is 16.8 Å². The Bertz CT molecular complexity index is 1050. The van der Waals surface area contributed by atoms with Crippen LogP contribution in [0.15, 0.2) is 48.5 Å². The van der Waals surface area contributed by atoms with E-state index in [-0.39, 0.29) is 18.7 Å².